The lowest BCUT2D eigenvalue weighted by atomic mass is 10.1. The van der Waals surface area contributed by atoms with Crippen LogP contribution in [0.25, 0.3) is 0 Å². The van der Waals surface area contributed by atoms with Crippen LogP contribution in [0.15, 0.2) is 77.7 Å². The average molecular weight is 456 g/mol. The van der Waals surface area contributed by atoms with Crippen molar-refractivity contribution in [1.82, 2.24) is 4.90 Å². The zero-order valence-electron chi connectivity index (χ0n) is 18.0. The molecular weight excluding hydrogens is 429 g/mol. The smallest absolute Gasteiger partial charge is 0.261 e. The van der Waals surface area contributed by atoms with Crippen molar-refractivity contribution in [2.24, 2.45) is 0 Å². The molecule has 0 spiro atoms. The summed E-state index contributed by atoms with van der Waals surface area (Å²) in [5.74, 6) is -0.669. The molecule has 0 bridgehead atoms. The Balaban J connectivity index is 1.55. The van der Waals surface area contributed by atoms with Crippen molar-refractivity contribution >= 4 is 27.3 Å². The van der Waals surface area contributed by atoms with Crippen LogP contribution in [0.5, 0.6) is 0 Å². The van der Waals surface area contributed by atoms with Crippen molar-refractivity contribution in [3.63, 3.8) is 0 Å². The minimum atomic E-state index is -3.82. The van der Waals surface area contributed by atoms with Crippen LogP contribution >= 0.6 is 0 Å². The summed E-state index contributed by atoms with van der Waals surface area (Å²) in [5.41, 5.74) is 3.03. The molecule has 3 aromatic rings. The third-order valence-electron chi connectivity index (χ3n) is 4.78. The molecule has 3 rings (SSSR count). The van der Waals surface area contributed by atoms with E-state index >= 15 is 0 Å². The molecule has 8 heteroatoms. The first-order valence-electron chi connectivity index (χ1n) is 10.1. The van der Waals surface area contributed by atoms with Crippen LogP contribution in [0.2, 0.25) is 0 Å². The summed E-state index contributed by atoms with van der Waals surface area (Å²) >= 11 is 0. The van der Waals surface area contributed by atoms with E-state index in [1.54, 1.807) is 24.3 Å². The maximum absolute atomic E-state index is 13.0. The molecule has 0 aromatic heterocycles. The molecule has 0 aliphatic heterocycles. The molecule has 0 aliphatic carbocycles. The second-order valence-electron chi connectivity index (χ2n) is 7.73. The molecule has 0 aliphatic rings. The summed E-state index contributed by atoms with van der Waals surface area (Å²) < 4.78 is 40.2. The van der Waals surface area contributed by atoms with E-state index in [1.165, 1.54) is 17.7 Å². The first-order chi connectivity index (χ1) is 15.2. The van der Waals surface area contributed by atoms with Gasteiger partial charge in [0.25, 0.3) is 10.0 Å². The lowest BCUT2D eigenvalue weighted by molar-refractivity contribution is -0.115. The minimum absolute atomic E-state index is 0.0323. The molecule has 168 valence electrons. The van der Waals surface area contributed by atoms with Gasteiger partial charge in [0.1, 0.15) is 5.82 Å². The van der Waals surface area contributed by atoms with Crippen LogP contribution in [-0.4, -0.2) is 39.9 Å². The van der Waals surface area contributed by atoms with E-state index in [0.29, 0.717) is 5.69 Å². The maximum atomic E-state index is 13.0. The molecule has 0 saturated carbocycles. The molecule has 0 saturated heterocycles. The highest BCUT2D eigenvalue weighted by Crippen LogP contribution is 2.18. The molecular formula is C24H26FN3O3S. The second-order valence-corrected chi connectivity index (χ2v) is 9.41. The number of benzene rings is 3. The largest absolute Gasteiger partial charge is 0.326 e. The summed E-state index contributed by atoms with van der Waals surface area (Å²) in [7, 11) is 0.241. The van der Waals surface area contributed by atoms with Crippen molar-refractivity contribution < 1.29 is 17.6 Å². The van der Waals surface area contributed by atoms with E-state index in [2.05, 4.69) is 14.9 Å². The first-order valence-corrected chi connectivity index (χ1v) is 11.6. The molecule has 0 atom stereocenters. The highest BCUT2D eigenvalue weighted by atomic mass is 32.2. The van der Waals surface area contributed by atoms with Crippen LogP contribution in [0.3, 0.4) is 0 Å². The Hall–Kier alpha value is -3.23. The van der Waals surface area contributed by atoms with E-state index in [1.807, 2.05) is 38.4 Å². The summed E-state index contributed by atoms with van der Waals surface area (Å²) in [6.07, 6.45) is 1.10. The molecule has 32 heavy (non-hydrogen) atoms. The Morgan fingerprint density at radius 1 is 0.844 bits per heavy atom. The van der Waals surface area contributed by atoms with Gasteiger partial charge in [-0.1, -0.05) is 24.3 Å². The topological polar surface area (TPSA) is 78.5 Å². The Morgan fingerprint density at radius 2 is 1.41 bits per heavy atom. The van der Waals surface area contributed by atoms with E-state index in [9.17, 15) is 17.6 Å². The van der Waals surface area contributed by atoms with E-state index in [4.69, 9.17) is 0 Å². The normalized spacial score (nSPS) is 11.4. The number of halogens is 1. The van der Waals surface area contributed by atoms with Gasteiger partial charge in [-0.25, -0.2) is 12.8 Å². The molecule has 0 heterocycles. The monoisotopic (exact) mass is 455 g/mol. The molecule has 6 nitrogen and oxygen atoms in total. The number of likely N-dealkylation sites (N-methyl/N-ethyl adjacent to an activating group) is 1. The van der Waals surface area contributed by atoms with Gasteiger partial charge in [0, 0.05) is 17.9 Å². The second kappa shape index (κ2) is 10.4. The van der Waals surface area contributed by atoms with Crippen LogP contribution in [0, 0.1) is 5.82 Å². The third kappa shape index (κ3) is 6.90. The SMILES string of the molecule is CN(C)CCc1ccc(NC(=O)Cc2ccc(NS(=O)(=O)c3ccc(F)cc3)cc2)cc1. The molecule has 3 aromatic carbocycles. The van der Waals surface area contributed by atoms with Gasteiger partial charge < -0.3 is 10.2 Å². The van der Waals surface area contributed by atoms with Gasteiger partial charge in [0.05, 0.1) is 11.3 Å². The number of amides is 1. The summed E-state index contributed by atoms with van der Waals surface area (Å²) in [6, 6.07) is 18.9. The minimum Gasteiger partial charge on any atom is -0.326 e. The number of nitrogens with one attached hydrogen (secondary N) is 2. The zero-order valence-corrected chi connectivity index (χ0v) is 18.8. The van der Waals surface area contributed by atoms with Crippen molar-refractivity contribution in [2.75, 3.05) is 30.7 Å². The summed E-state index contributed by atoms with van der Waals surface area (Å²) in [6.45, 7) is 0.960. The maximum Gasteiger partial charge on any atom is 0.261 e. The number of rotatable bonds is 9. The van der Waals surface area contributed by atoms with Crippen LogP contribution in [-0.2, 0) is 27.7 Å². The quantitative estimate of drug-likeness (QED) is 0.513. The van der Waals surface area contributed by atoms with Gasteiger partial charge in [-0.2, -0.15) is 0 Å². The molecule has 2 N–H and O–H groups in total. The van der Waals surface area contributed by atoms with Crippen molar-refractivity contribution in [3.05, 3.63) is 89.7 Å². The van der Waals surface area contributed by atoms with Gasteiger partial charge in [-0.15, -0.1) is 0 Å². The highest BCUT2D eigenvalue weighted by molar-refractivity contribution is 7.92. The molecule has 1 amide bonds. The Kier molecular flexibility index (Phi) is 7.61. The summed E-state index contributed by atoms with van der Waals surface area (Å²) in [4.78, 5) is 14.4. The lowest BCUT2D eigenvalue weighted by Crippen LogP contribution is -2.16. The Morgan fingerprint density at radius 3 is 2.00 bits per heavy atom. The zero-order chi connectivity index (χ0) is 23.1. The van der Waals surface area contributed by atoms with Gasteiger partial charge >= 0.3 is 0 Å². The number of anilines is 2. The van der Waals surface area contributed by atoms with Crippen LogP contribution < -0.4 is 10.0 Å². The van der Waals surface area contributed by atoms with Gasteiger partial charge in [-0.05, 0) is 80.2 Å². The number of sulfonamides is 1. The summed E-state index contributed by atoms with van der Waals surface area (Å²) in [5, 5.41) is 2.87. The Bertz CT molecular complexity index is 1140. The average Bonchev–Trinajstić information content (AvgIpc) is 2.75. The Labute approximate surface area is 188 Å². The van der Waals surface area contributed by atoms with Crippen molar-refractivity contribution in [1.29, 1.82) is 0 Å². The number of hydrogen-bond donors (Lipinski definition) is 2. The fourth-order valence-corrected chi connectivity index (χ4v) is 4.08. The highest BCUT2D eigenvalue weighted by Gasteiger charge is 2.14. The molecule has 0 radical (unpaired) electrons. The first kappa shape index (κ1) is 23.4. The number of hydrogen-bond acceptors (Lipinski definition) is 4. The fraction of sp³-hybridized carbons (Fsp3) is 0.208. The number of nitrogens with zero attached hydrogens (tertiary/aromatic N) is 1. The number of carbonyl (C=O) groups excluding carboxylic acids is 1. The van der Waals surface area contributed by atoms with Crippen molar-refractivity contribution in [2.45, 2.75) is 17.7 Å². The van der Waals surface area contributed by atoms with E-state index in [0.717, 1.165) is 36.3 Å². The lowest BCUT2D eigenvalue weighted by Gasteiger charge is -2.11. The van der Waals surface area contributed by atoms with Crippen LogP contribution in [0.1, 0.15) is 11.1 Å². The fourth-order valence-electron chi connectivity index (χ4n) is 3.02. The van der Waals surface area contributed by atoms with Gasteiger partial charge in [0.15, 0.2) is 0 Å². The number of carbonyl (C=O) groups is 1. The van der Waals surface area contributed by atoms with E-state index in [-0.39, 0.29) is 17.2 Å². The predicted molar refractivity (Wildman–Crippen MR) is 125 cm³/mol. The van der Waals surface area contributed by atoms with Crippen LogP contribution in [0.4, 0.5) is 15.8 Å². The molecule has 0 unspecified atom stereocenters. The van der Waals surface area contributed by atoms with E-state index < -0.39 is 15.8 Å². The van der Waals surface area contributed by atoms with Gasteiger partial charge in [0.2, 0.25) is 5.91 Å². The standard InChI is InChI=1S/C24H26FN3O3S/c1-28(2)16-15-18-3-9-21(10-4-18)26-24(29)17-19-5-11-22(12-6-19)27-32(30,31)23-13-7-20(25)8-14-23/h3-14,27H,15-17H2,1-2H3,(H,26,29). The molecule has 0 fully saturated rings. The third-order valence-corrected chi connectivity index (χ3v) is 6.18. The van der Waals surface area contributed by atoms with Gasteiger partial charge in [-0.3, -0.25) is 9.52 Å². The predicted octanol–water partition coefficient (Wildman–Crippen LogP) is 3.91. The van der Waals surface area contributed by atoms with Crippen molar-refractivity contribution in [3.8, 4) is 0 Å².